The van der Waals surface area contributed by atoms with Crippen molar-refractivity contribution in [1.29, 1.82) is 0 Å². The molecule has 176 valence electrons. The van der Waals surface area contributed by atoms with Crippen molar-refractivity contribution in [1.82, 2.24) is 30.0 Å². The van der Waals surface area contributed by atoms with Gasteiger partial charge >= 0.3 is 0 Å². The smallest absolute Gasteiger partial charge is 0.254 e. The number of ether oxygens (including phenoxy) is 1. The molecule has 0 saturated heterocycles. The molecule has 4 heterocycles. The number of nitrogens with two attached hydrogens (primary N) is 1. The van der Waals surface area contributed by atoms with Gasteiger partial charge in [-0.3, -0.25) is 4.79 Å². The van der Waals surface area contributed by atoms with E-state index in [4.69, 9.17) is 10.5 Å². The lowest BCUT2D eigenvalue weighted by atomic mass is 10.0. The first-order valence-corrected chi connectivity index (χ1v) is 11.8. The molecule has 0 bridgehead atoms. The van der Waals surface area contributed by atoms with Crippen molar-refractivity contribution in [3.63, 3.8) is 0 Å². The molecule has 2 N–H and O–H groups in total. The number of carbonyl (C=O) groups is 1. The van der Waals surface area contributed by atoms with Crippen molar-refractivity contribution < 1.29 is 9.53 Å². The van der Waals surface area contributed by atoms with Crippen LogP contribution in [0.1, 0.15) is 70.4 Å². The Kier molecular flexibility index (Phi) is 5.33. The van der Waals surface area contributed by atoms with E-state index in [-0.39, 0.29) is 18.5 Å². The summed E-state index contributed by atoms with van der Waals surface area (Å²) < 4.78 is 5.61. The van der Waals surface area contributed by atoms with Gasteiger partial charge in [0.25, 0.3) is 5.91 Å². The number of amides is 1. The van der Waals surface area contributed by atoms with Crippen molar-refractivity contribution in [3.05, 3.63) is 82.7 Å². The summed E-state index contributed by atoms with van der Waals surface area (Å²) in [5.41, 5.74) is 11.0. The molecule has 9 nitrogen and oxygen atoms in total. The molecular formula is C26H25N7O2. The summed E-state index contributed by atoms with van der Waals surface area (Å²) in [7, 11) is 0. The largest absolute Gasteiger partial charge is 0.383 e. The maximum atomic E-state index is 13.9. The van der Waals surface area contributed by atoms with E-state index in [0.29, 0.717) is 36.3 Å². The highest BCUT2D eigenvalue weighted by Crippen LogP contribution is 2.38. The first kappa shape index (κ1) is 21.5. The van der Waals surface area contributed by atoms with Crippen LogP contribution in [-0.2, 0) is 24.5 Å². The van der Waals surface area contributed by atoms with Gasteiger partial charge in [-0.25, -0.2) is 15.0 Å². The first-order valence-electron chi connectivity index (χ1n) is 11.8. The number of carbonyl (C=O) groups excluding carboxylic acids is 1. The highest BCUT2D eigenvalue weighted by molar-refractivity contribution is 5.99. The Hall–Kier alpha value is -3.98. The zero-order valence-electron chi connectivity index (χ0n) is 19.4. The van der Waals surface area contributed by atoms with Crippen molar-refractivity contribution in [2.24, 2.45) is 0 Å². The van der Waals surface area contributed by atoms with Crippen LogP contribution in [0.15, 0.2) is 48.8 Å². The summed E-state index contributed by atoms with van der Waals surface area (Å²) in [6, 6.07) is 10.9. The number of rotatable bonds is 6. The second-order valence-corrected chi connectivity index (χ2v) is 9.12. The Morgan fingerprint density at radius 1 is 1.11 bits per heavy atom. The van der Waals surface area contributed by atoms with E-state index in [9.17, 15) is 4.79 Å². The van der Waals surface area contributed by atoms with Crippen LogP contribution < -0.4 is 5.73 Å². The van der Waals surface area contributed by atoms with Crippen LogP contribution in [-0.4, -0.2) is 36.0 Å². The van der Waals surface area contributed by atoms with E-state index in [1.165, 1.54) is 0 Å². The van der Waals surface area contributed by atoms with Gasteiger partial charge in [-0.2, -0.15) is 10.2 Å². The molecular weight excluding hydrogens is 442 g/mol. The fourth-order valence-corrected chi connectivity index (χ4v) is 4.55. The molecule has 4 aromatic rings. The lowest BCUT2D eigenvalue weighted by molar-refractivity contribution is 0.0663. The van der Waals surface area contributed by atoms with Crippen molar-refractivity contribution in [2.45, 2.75) is 51.5 Å². The van der Waals surface area contributed by atoms with Gasteiger partial charge in [-0.15, -0.1) is 0 Å². The quantitative estimate of drug-likeness (QED) is 0.456. The van der Waals surface area contributed by atoms with Crippen LogP contribution in [0.25, 0.3) is 10.9 Å². The van der Waals surface area contributed by atoms with Gasteiger partial charge in [0.15, 0.2) is 0 Å². The SMILES string of the molecule is C[C@H](c1ncccn1)N(Cc1ccc(C2CC2)nn1)C(=O)c1ccc2nc(N)c3c(c2c1)COC3. The molecule has 2 aliphatic rings. The summed E-state index contributed by atoms with van der Waals surface area (Å²) in [4.78, 5) is 28.9. The van der Waals surface area contributed by atoms with E-state index in [2.05, 4.69) is 25.1 Å². The number of nitrogen functional groups attached to an aromatic ring is 1. The molecule has 3 aromatic heterocycles. The number of fused-ring (bicyclic) bond motifs is 3. The molecule has 1 saturated carbocycles. The third-order valence-electron chi connectivity index (χ3n) is 6.73. The lowest BCUT2D eigenvalue weighted by Gasteiger charge is -2.28. The zero-order chi connectivity index (χ0) is 23.9. The van der Waals surface area contributed by atoms with Crippen LogP contribution >= 0.6 is 0 Å². The van der Waals surface area contributed by atoms with E-state index >= 15 is 0 Å². The Bertz CT molecular complexity index is 1410. The summed E-state index contributed by atoms with van der Waals surface area (Å²) in [5.74, 6) is 1.42. The summed E-state index contributed by atoms with van der Waals surface area (Å²) in [6.07, 6.45) is 5.69. The number of nitrogens with zero attached hydrogens (tertiary/aromatic N) is 6. The van der Waals surface area contributed by atoms with E-state index in [1.807, 2.05) is 31.2 Å². The van der Waals surface area contributed by atoms with Gasteiger partial charge in [0.1, 0.15) is 11.6 Å². The van der Waals surface area contributed by atoms with Crippen LogP contribution in [0.3, 0.4) is 0 Å². The molecule has 1 aliphatic carbocycles. The third kappa shape index (κ3) is 4.08. The predicted molar refractivity (Wildman–Crippen MR) is 129 cm³/mol. The number of pyridine rings is 1. The van der Waals surface area contributed by atoms with Gasteiger partial charge in [0.2, 0.25) is 0 Å². The lowest BCUT2D eigenvalue weighted by Crippen LogP contribution is -2.34. The van der Waals surface area contributed by atoms with Crippen LogP contribution in [0, 0.1) is 0 Å². The van der Waals surface area contributed by atoms with Crippen LogP contribution in [0.5, 0.6) is 0 Å². The molecule has 35 heavy (non-hydrogen) atoms. The Morgan fingerprint density at radius 3 is 2.66 bits per heavy atom. The molecule has 1 fully saturated rings. The second kappa shape index (κ2) is 8.66. The number of anilines is 1. The summed E-state index contributed by atoms with van der Waals surface area (Å²) in [6.45, 7) is 3.10. The maximum Gasteiger partial charge on any atom is 0.254 e. The standard InChI is InChI=1S/C26H25N7O2/c1-15(25-28-9-2-10-29-25)33(12-18-6-8-22(32-31-18)16-3-4-16)26(34)17-5-7-23-19(11-17)20-13-35-14-21(20)24(27)30-23/h2,5-11,15-16H,3-4,12-14H2,1H3,(H2,27,30)/t15-/m1/s1. The molecule has 1 aliphatic heterocycles. The summed E-state index contributed by atoms with van der Waals surface area (Å²) >= 11 is 0. The van der Waals surface area contributed by atoms with Gasteiger partial charge in [-0.05, 0) is 61.7 Å². The van der Waals surface area contributed by atoms with Crippen LogP contribution in [0.4, 0.5) is 5.82 Å². The van der Waals surface area contributed by atoms with Gasteiger partial charge in [0.05, 0.1) is 42.7 Å². The Labute approximate surface area is 202 Å². The average Bonchev–Trinajstić information content (AvgIpc) is 3.62. The van der Waals surface area contributed by atoms with Gasteiger partial charge < -0.3 is 15.4 Å². The minimum Gasteiger partial charge on any atom is -0.383 e. The fourth-order valence-electron chi connectivity index (χ4n) is 4.55. The predicted octanol–water partition coefficient (Wildman–Crippen LogP) is 3.71. The fraction of sp³-hybridized carbons (Fsp3) is 0.308. The highest BCUT2D eigenvalue weighted by Gasteiger charge is 2.28. The van der Waals surface area contributed by atoms with E-state index in [1.54, 1.807) is 29.4 Å². The normalized spacial score (nSPS) is 15.7. The van der Waals surface area contributed by atoms with E-state index < -0.39 is 0 Å². The minimum atomic E-state index is -0.372. The molecule has 0 spiro atoms. The molecule has 6 rings (SSSR count). The molecule has 1 aromatic carbocycles. The minimum absolute atomic E-state index is 0.149. The Morgan fingerprint density at radius 2 is 1.91 bits per heavy atom. The number of hydrogen-bond donors (Lipinski definition) is 1. The van der Waals surface area contributed by atoms with E-state index in [0.717, 1.165) is 46.3 Å². The van der Waals surface area contributed by atoms with Crippen LogP contribution in [0.2, 0.25) is 0 Å². The van der Waals surface area contributed by atoms with Crippen molar-refractivity contribution >= 4 is 22.6 Å². The summed E-state index contributed by atoms with van der Waals surface area (Å²) in [5, 5.41) is 9.69. The topological polar surface area (TPSA) is 120 Å². The third-order valence-corrected chi connectivity index (χ3v) is 6.73. The molecule has 1 atom stereocenters. The highest BCUT2D eigenvalue weighted by atomic mass is 16.5. The first-order chi connectivity index (χ1) is 17.1. The second-order valence-electron chi connectivity index (χ2n) is 9.12. The zero-order valence-corrected chi connectivity index (χ0v) is 19.4. The van der Waals surface area contributed by atoms with Crippen molar-refractivity contribution in [3.8, 4) is 0 Å². The van der Waals surface area contributed by atoms with Gasteiger partial charge in [-0.1, -0.05) is 0 Å². The number of aromatic nitrogens is 5. The molecule has 0 unspecified atom stereocenters. The Balaban J connectivity index is 1.37. The molecule has 9 heteroatoms. The van der Waals surface area contributed by atoms with Crippen molar-refractivity contribution in [2.75, 3.05) is 5.73 Å². The number of benzene rings is 1. The average molecular weight is 468 g/mol. The monoisotopic (exact) mass is 467 g/mol. The maximum absolute atomic E-state index is 13.9. The molecule has 0 radical (unpaired) electrons. The number of hydrogen-bond acceptors (Lipinski definition) is 8. The molecule has 1 amide bonds. The van der Waals surface area contributed by atoms with Gasteiger partial charge in [0, 0.05) is 34.8 Å².